The van der Waals surface area contributed by atoms with E-state index in [9.17, 15) is 4.79 Å². The molecular formula is C18H23NO. The van der Waals surface area contributed by atoms with Crippen LogP contribution in [-0.2, 0) is 4.79 Å². The first-order valence-electron chi connectivity index (χ1n) is 7.55. The third kappa shape index (κ3) is 1.63. The number of ketones is 1. The molecule has 2 saturated carbocycles. The van der Waals surface area contributed by atoms with Crippen LogP contribution in [0.3, 0.4) is 0 Å². The van der Waals surface area contributed by atoms with Crippen molar-refractivity contribution in [2.45, 2.75) is 46.6 Å². The van der Waals surface area contributed by atoms with E-state index in [1.807, 2.05) is 18.2 Å². The number of nitrogens with zero attached hydrogens (tertiary/aromatic N) is 1. The lowest BCUT2D eigenvalue weighted by molar-refractivity contribution is -0.123. The van der Waals surface area contributed by atoms with Gasteiger partial charge in [0.2, 0.25) is 0 Å². The molecule has 2 aliphatic rings. The normalized spacial score (nSPS) is 34.7. The number of hydrogen-bond acceptors (Lipinski definition) is 2. The molecule has 0 aromatic heterocycles. The van der Waals surface area contributed by atoms with Gasteiger partial charge in [0.15, 0.2) is 5.78 Å². The van der Waals surface area contributed by atoms with Gasteiger partial charge < -0.3 is 0 Å². The Hall–Kier alpha value is -1.44. The van der Waals surface area contributed by atoms with Crippen LogP contribution in [0.1, 0.15) is 52.1 Å². The largest absolute Gasteiger partial charge is 0.292 e. The molecule has 1 aromatic carbocycles. The lowest BCUT2D eigenvalue weighted by atomic mass is 9.70. The summed E-state index contributed by atoms with van der Waals surface area (Å²) in [6.07, 6.45) is 2.12. The highest BCUT2D eigenvalue weighted by Crippen LogP contribution is 2.62. The Morgan fingerprint density at radius 3 is 2.40 bits per heavy atom. The maximum atomic E-state index is 12.7. The average molecular weight is 269 g/mol. The number of hydrogen-bond donors (Lipinski definition) is 0. The van der Waals surface area contributed by atoms with Crippen LogP contribution in [0.25, 0.3) is 0 Å². The fourth-order valence-corrected chi connectivity index (χ4v) is 3.99. The van der Waals surface area contributed by atoms with Crippen LogP contribution >= 0.6 is 0 Å². The molecule has 0 spiro atoms. The van der Waals surface area contributed by atoms with Crippen LogP contribution in [0.15, 0.2) is 35.3 Å². The smallest absolute Gasteiger partial charge is 0.183 e. The average Bonchev–Trinajstić information content (AvgIpc) is 2.74. The summed E-state index contributed by atoms with van der Waals surface area (Å²) in [5, 5.41) is 0. The molecule has 2 nitrogen and oxygen atoms in total. The summed E-state index contributed by atoms with van der Waals surface area (Å²) in [5.41, 5.74) is 1.88. The number of carbonyl (C=O) groups is 1. The maximum absolute atomic E-state index is 12.7. The highest BCUT2D eigenvalue weighted by Gasteiger charge is 2.64. The molecule has 0 unspecified atom stereocenters. The minimum Gasteiger partial charge on any atom is -0.292 e. The van der Waals surface area contributed by atoms with Crippen LogP contribution in [0.5, 0.6) is 0 Å². The molecule has 0 radical (unpaired) electrons. The van der Waals surface area contributed by atoms with E-state index in [0.29, 0.717) is 11.7 Å². The molecule has 2 aliphatic carbocycles. The number of benzene rings is 1. The molecule has 20 heavy (non-hydrogen) atoms. The topological polar surface area (TPSA) is 29.4 Å². The quantitative estimate of drug-likeness (QED) is 0.790. The van der Waals surface area contributed by atoms with Crippen LogP contribution in [0, 0.1) is 16.7 Å². The van der Waals surface area contributed by atoms with Crippen molar-refractivity contribution in [2.75, 3.05) is 0 Å². The molecule has 0 heterocycles. The number of carbonyl (C=O) groups excluding carboxylic acids is 1. The first kappa shape index (κ1) is 13.5. The van der Waals surface area contributed by atoms with Crippen molar-refractivity contribution in [1.29, 1.82) is 0 Å². The Bertz CT molecular complexity index is 572. The number of Topliss-reactive ketones (excluding diaryl/α,β-unsaturated/α-hetero) is 1. The van der Waals surface area contributed by atoms with E-state index in [1.54, 1.807) is 0 Å². The summed E-state index contributed by atoms with van der Waals surface area (Å²) in [5.74, 6) is 0.632. The fourth-order valence-electron chi connectivity index (χ4n) is 3.99. The predicted molar refractivity (Wildman–Crippen MR) is 81.9 cm³/mol. The lowest BCUT2D eigenvalue weighted by Crippen LogP contribution is -2.33. The van der Waals surface area contributed by atoms with E-state index in [-0.39, 0.29) is 16.9 Å². The number of aliphatic imine (C=N–C) groups is 1. The van der Waals surface area contributed by atoms with Crippen molar-refractivity contribution in [2.24, 2.45) is 21.7 Å². The van der Waals surface area contributed by atoms with E-state index in [1.165, 1.54) is 5.56 Å². The SMILES string of the molecule is C[C@H](N=C1C(=O)[C@]2(C)CC[C@H]1C2(C)C)c1ccccc1. The van der Waals surface area contributed by atoms with Gasteiger partial charge >= 0.3 is 0 Å². The molecule has 1 aromatic rings. The molecule has 0 N–H and O–H groups in total. The summed E-state index contributed by atoms with van der Waals surface area (Å²) in [6, 6.07) is 10.3. The van der Waals surface area contributed by atoms with Crippen molar-refractivity contribution < 1.29 is 4.79 Å². The third-order valence-electron chi connectivity index (χ3n) is 5.90. The second-order valence-corrected chi connectivity index (χ2v) is 7.08. The summed E-state index contributed by atoms with van der Waals surface area (Å²) >= 11 is 0. The van der Waals surface area contributed by atoms with Crippen LogP contribution < -0.4 is 0 Å². The van der Waals surface area contributed by atoms with Crippen LogP contribution in [0.2, 0.25) is 0 Å². The zero-order valence-corrected chi connectivity index (χ0v) is 12.8. The first-order valence-corrected chi connectivity index (χ1v) is 7.55. The molecule has 0 amide bonds. The molecule has 0 aliphatic heterocycles. The van der Waals surface area contributed by atoms with Crippen molar-refractivity contribution in [3.8, 4) is 0 Å². The standard InChI is InChI=1S/C18H23NO/c1-12(13-8-6-5-7-9-13)19-15-14-10-11-18(4,16(15)20)17(14,2)3/h5-9,12,14H,10-11H2,1-4H3/t12-,14+,18-/m0/s1. The summed E-state index contributed by atoms with van der Waals surface area (Å²) < 4.78 is 0. The van der Waals surface area contributed by atoms with Crippen molar-refractivity contribution in [3.63, 3.8) is 0 Å². The highest BCUT2D eigenvalue weighted by atomic mass is 16.1. The zero-order valence-electron chi connectivity index (χ0n) is 12.8. The Balaban J connectivity index is 1.96. The summed E-state index contributed by atoms with van der Waals surface area (Å²) in [6.45, 7) is 8.68. The minimum atomic E-state index is -0.201. The molecular weight excluding hydrogens is 246 g/mol. The lowest BCUT2D eigenvalue weighted by Gasteiger charge is -2.31. The van der Waals surface area contributed by atoms with Crippen LogP contribution in [0.4, 0.5) is 0 Å². The second-order valence-electron chi connectivity index (χ2n) is 7.08. The van der Waals surface area contributed by atoms with Gasteiger partial charge in [-0.05, 0) is 30.7 Å². The molecule has 2 fully saturated rings. The number of fused-ring (bicyclic) bond motifs is 2. The highest BCUT2D eigenvalue weighted by molar-refractivity contribution is 6.45. The number of rotatable bonds is 2. The van der Waals surface area contributed by atoms with Gasteiger partial charge in [-0.2, -0.15) is 0 Å². The van der Waals surface area contributed by atoms with Gasteiger partial charge in [0.25, 0.3) is 0 Å². The van der Waals surface area contributed by atoms with Gasteiger partial charge in [-0.25, -0.2) is 0 Å². The van der Waals surface area contributed by atoms with Gasteiger partial charge in [-0.1, -0.05) is 51.1 Å². The molecule has 106 valence electrons. The van der Waals surface area contributed by atoms with E-state index < -0.39 is 0 Å². The van der Waals surface area contributed by atoms with E-state index in [2.05, 4.69) is 39.8 Å². The zero-order chi connectivity index (χ0) is 14.5. The van der Waals surface area contributed by atoms with Crippen molar-refractivity contribution in [1.82, 2.24) is 0 Å². The molecule has 3 rings (SSSR count). The molecule has 3 atom stereocenters. The Morgan fingerprint density at radius 1 is 1.20 bits per heavy atom. The van der Waals surface area contributed by atoms with Gasteiger partial charge in [-0.3, -0.25) is 9.79 Å². The van der Waals surface area contributed by atoms with Gasteiger partial charge in [-0.15, -0.1) is 0 Å². The minimum absolute atomic E-state index is 0.0549. The van der Waals surface area contributed by atoms with Crippen molar-refractivity contribution in [3.05, 3.63) is 35.9 Å². The molecule has 2 bridgehead atoms. The maximum Gasteiger partial charge on any atom is 0.183 e. The van der Waals surface area contributed by atoms with Crippen LogP contribution in [-0.4, -0.2) is 11.5 Å². The Kier molecular flexibility index (Phi) is 2.89. The Labute approximate surface area is 121 Å². The second kappa shape index (κ2) is 4.28. The van der Waals surface area contributed by atoms with E-state index in [0.717, 1.165) is 18.6 Å². The summed E-state index contributed by atoms with van der Waals surface area (Å²) in [7, 11) is 0. The molecule has 0 saturated heterocycles. The fraction of sp³-hybridized carbons (Fsp3) is 0.556. The first-order chi connectivity index (χ1) is 9.38. The predicted octanol–water partition coefficient (Wildman–Crippen LogP) is 4.21. The monoisotopic (exact) mass is 269 g/mol. The van der Waals surface area contributed by atoms with Gasteiger partial charge in [0.1, 0.15) is 0 Å². The third-order valence-corrected chi connectivity index (χ3v) is 5.90. The van der Waals surface area contributed by atoms with Gasteiger partial charge in [0.05, 0.1) is 11.8 Å². The Morgan fingerprint density at radius 2 is 1.85 bits per heavy atom. The van der Waals surface area contributed by atoms with Gasteiger partial charge in [0, 0.05) is 11.3 Å². The summed E-state index contributed by atoms with van der Waals surface area (Å²) in [4.78, 5) is 17.6. The molecule has 2 heteroatoms. The van der Waals surface area contributed by atoms with E-state index >= 15 is 0 Å². The van der Waals surface area contributed by atoms with Crippen molar-refractivity contribution >= 4 is 11.5 Å². The van der Waals surface area contributed by atoms with E-state index in [4.69, 9.17) is 4.99 Å².